The van der Waals surface area contributed by atoms with Crippen molar-refractivity contribution in [2.45, 2.75) is 28.7 Å². The van der Waals surface area contributed by atoms with Crippen molar-refractivity contribution in [3.8, 4) is 0 Å². The highest BCUT2D eigenvalue weighted by atomic mass is 32.2. The monoisotopic (exact) mass is 334 g/mol. The lowest BCUT2D eigenvalue weighted by molar-refractivity contribution is 0.0832. The quantitative estimate of drug-likeness (QED) is 0.756. The van der Waals surface area contributed by atoms with Crippen LogP contribution in [0.4, 0.5) is 5.69 Å². The lowest BCUT2D eigenvalue weighted by atomic mass is 10.1. The van der Waals surface area contributed by atoms with Crippen molar-refractivity contribution in [1.82, 2.24) is 4.72 Å². The van der Waals surface area contributed by atoms with E-state index in [1.165, 1.54) is 12.1 Å². The average molecular weight is 334 g/mol. The minimum Gasteiger partial charge on any atom is -0.398 e. The molecule has 0 saturated carbocycles. The lowest BCUT2D eigenvalue weighted by Gasteiger charge is -2.23. The number of hydrogen-bond donors (Lipinski definition) is 2. The molecule has 0 bridgehead atoms. The Morgan fingerprint density at radius 1 is 1.19 bits per heavy atom. The van der Waals surface area contributed by atoms with Gasteiger partial charge in [0.05, 0.1) is 10.6 Å². The van der Waals surface area contributed by atoms with E-state index in [0.717, 1.165) is 12.3 Å². The van der Waals surface area contributed by atoms with Crippen LogP contribution in [0.5, 0.6) is 0 Å². The highest BCUT2D eigenvalue weighted by molar-refractivity contribution is 7.91. The Kier molecular flexibility index (Phi) is 4.57. The molecule has 1 aromatic carbocycles. The summed E-state index contributed by atoms with van der Waals surface area (Å²) in [4.78, 5) is -0.291. The fourth-order valence-corrected chi connectivity index (χ4v) is 4.26. The predicted octanol–water partition coefficient (Wildman–Crippen LogP) is 0.130. The van der Waals surface area contributed by atoms with E-state index in [2.05, 4.69) is 4.72 Å². The molecule has 21 heavy (non-hydrogen) atoms. The molecule has 1 aromatic rings. The molecule has 0 unspecified atom stereocenters. The van der Waals surface area contributed by atoms with Gasteiger partial charge in [-0.3, -0.25) is 0 Å². The van der Waals surface area contributed by atoms with E-state index < -0.39 is 19.9 Å². The molecular weight excluding hydrogens is 316 g/mol. The zero-order valence-electron chi connectivity index (χ0n) is 11.6. The number of anilines is 1. The first-order chi connectivity index (χ1) is 9.70. The van der Waals surface area contributed by atoms with Crippen LogP contribution in [0.3, 0.4) is 0 Å². The molecule has 0 spiro atoms. The lowest BCUT2D eigenvalue weighted by Crippen LogP contribution is -2.39. The first kappa shape index (κ1) is 16.2. The molecule has 3 N–H and O–H groups in total. The van der Waals surface area contributed by atoms with Crippen LogP contribution in [-0.4, -0.2) is 42.3 Å². The van der Waals surface area contributed by atoms with Crippen molar-refractivity contribution >= 4 is 25.5 Å². The molecule has 2 rings (SSSR count). The number of sulfone groups is 1. The van der Waals surface area contributed by atoms with Crippen LogP contribution in [-0.2, 0) is 24.6 Å². The van der Waals surface area contributed by atoms with Crippen LogP contribution in [0, 0.1) is 0 Å². The molecule has 118 valence electrons. The van der Waals surface area contributed by atoms with Gasteiger partial charge in [0.15, 0.2) is 9.84 Å². The summed E-state index contributed by atoms with van der Waals surface area (Å²) in [5.41, 5.74) is 5.70. The first-order valence-corrected chi connectivity index (χ1v) is 9.77. The topological polar surface area (TPSA) is 116 Å². The molecular formula is C12H18N2O5S2. The van der Waals surface area contributed by atoms with Gasteiger partial charge < -0.3 is 10.5 Å². The predicted molar refractivity (Wildman–Crippen MR) is 78.1 cm³/mol. The minimum absolute atomic E-state index is 0.0157. The summed E-state index contributed by atoms with van der Waals surface area (Å²) in [5.74, 6) is 0. The molecule has 9 heteroatoms. The number of sulfonamides is 1. The smallest absolute Gasteiger partial charge is 0.242 e. The van der Waals surface area contributed by atoms with Gasteiger partial charge in [-0.15, -0.1) is 0 Å². The zero-order valence-corrected chi connectivity index (χ0v) is 13.2. The molecule has 1 aliphatic heterocycles. The van der Waals surface area contributed by atoms with Gasteiger partial charge in [0.1, 0.15) is 4.90 Å². The molecule has 1 heterocycles. The molecule has 0 aromatic heterocycles. The molecule has 1 fully saturated rings. The summed E-state index contributed by atoms with van der Waals surface area (Å²) < 4.78 is 55.5. The maximum Gasteiger partial charge on any atom is 0.242 e. The fourth-order valence-electron chi connectivity index (χ4n) is 2.08. The molecule has 0 aliphatic carbocycles. The third-order valence-electron chi connectivity index (χ3n) is 3.25. The summed E-state index contributed by atoms with van der Waals surface area (Å²) in [7, 11) is -7.37. The molecule has 7 nitrogen and oxygen atoms in total. The van der Waals surface area contributed by atoms with Crippen LogP contribution in [0.25, 0.3) is 0 Å². The standard InChI is InChI=1S/C12H18N2O5S2/c1-20(15,16)10-2-3-11(13)12(8-10)21(17,18)14-9-4-6-19-7-5-9/h2-3,8-9,14H,4-7,13H2,1H3. The largest absolute Gasteiger partial charge is 0.398 e. The van der Waals surface area contributed by atoms with Crippen molar-refractivity contribution in [1.29, 1.82) is 0 Å². The van der Waals surface area contributed by atoms with E-state index in [0.29, 0.717) is 26.1 Å². The third kappa shape index (κ3) is 3.94. The van der Waals surface area contributed by atoms with Crippen LogP contribution in [0.15, 0.2) is 28.0 Å². The van der Waals surface area contributed by atoms with Gasteiger partial charge >= 0.3 is 0 Å². The number of nitrogens with two attached hydrogens (primary N) is 1. The molecule has 0 radical (unpaired) electrons. The van der Waals surface area contributed by atoms with Gasteiger partial charge in [0.25, 0.3) is 0 Å². The number of rotatable bonds is 4. The van der Waals surface area contributed by atoms with Gasteiger partial charge in [0.2, 0.25) is 10.0 Å². The normalized spacial score (nSPS) is 17.8. The Morgan fingerprint density at radius 3 is 2.38 bits per heavy atom. The summed E-state index contributed by atoms with van der Waals surface area (Å²) in [6, 6.07) is 3.43. The second kappa shape index (κ2) is 5.91. The Morgan fingerprint density at radius 2 is 1.81 bits per heavy atom. The first-order valence-electron chi connectivity index (χ1n) is 6.40. The number of ether oxygens (including phenoxy) is 1. The number of hydrogen-bond acceptors (Lipinski definition) is 6. The summed E-state index contributed by atoms with van der Waals surface area (Å²) in [6.45, 7) is 0.984. The van der Waals surface area contributed by atoms with Crippen molar-refractivity contribution in [3.63, 3.8) is 0 Å². The third-order valence-corrected chi connectivity index (χ3v) is 5.93. The maximum absolute atomic E-state index is 12.4. The zero-order chi connectivity index (χ0) is 15.7. The second-order valence-electron chi connectivity index (χ2n) is 4.98. The summed E-state index contributed by atoms with van der Waals surface area (Å²) in [6.07, 6.45) is 2.16. The van der Waals surface area contributed by atoms with Gasteiger partial charge in [-0.25, -0.2) is 21.6 Å². The van der Waals surface area contributed by atoms with Gasteiger partial charge in [0, 0.05) is 25.5 Å². The van der Waals surface area contributed by atoms with E-state index in [4.69, 9.17) is 10.5 Å². The molecule has 0 atom stereocenters. The van der Waals surface area contributed by atoms with E-state index >= 15 is 0 Å². The second-order valence-corrected chi connectivity index (χ2v) is 8.68. The Bertz CT molecular complexity index is 722. The molecule has 1 saturated heterocycles. The van der Waals surface area contributed by atoms with Crippen molar-refractivity contribution in [2.24, 2.45) is 0 Å². The maximum atomic E-state index is 12.4. The van der Waals surface area contributed by atoms with E-state index in [1.54, 1.807) is 0 Å². The van der Waals surface area contributed by atoms with Crippen LogP contribution in [0.2, 0.25) is 0 Å². The Labute approximate surface area is 124 Å². The van der Waals surface area contributed by atoms with Crippen molar-refractivity contribution in [3.05, 3.63) is 18.2 Å². The van der Waals surface area contributed by atoms with Crippen molar-refractivity contribution in [2.75, 3.05) is 25.2 Å². The summed E-state index contributed by atoms with van der Waals surface area (Å²) >= 11 is 0. The minimum atomic E-state index is -3.87. The number of benzene rings is 1. The van der Waals surface area contributed by atoms with Crippen LogP contribution < -0.4 is 10.5 Å². The van der Waals surface area contributed by atoms with Crippen LogP contribution >= 0.6 is 0 Å². The van der Waals surface area contributed by atoms with Crippen LogP contribution in [0.1, 0.15) is 12.8 Å². The number of nitrogens with one attached hydrogen (secondary N) is 1. The van der Waals surface area contributed by atoms with E-state index in [-0.39, 0.29) is 21.5 Å². The number of nitrogen functional groups attached to an aromatic ring is 1. The average Bonchev–Trinajstić information content (AvgIpc) is 2.38. The van der Waals surface area contributed by atoms with E-state index in [9.17, 15) is 16.8 Å². The Hall–Kier alpha value is -1.16. The van der Waals surface area contributed by atoms with Gasteiger partial charge in [-0.1, -0.05) is 0 Å². The highest BCUT2D eigenvalue weighted by Gasteiger charge is 2.25. The van der Waals surface area contributed by atoms with Gasteiger partial charge in [-0.2, -0.15) is 0 Å². The summed E-state index contributed by atoms with van der Waals surface area (Å²) in [5, 5.41) is 0. The molecule has 0 amide bonds. The molecule has 1 aliphatic rings. The SMILES string of the molecule is CS(=O)(=O)c1ccc(N)c(S(=O)(=O)NC2CCOCC2)c1. The fraction of sp³-hybridized carbons (Fsp3) is 0.500. The van der Waals surface area contributed by atoms with Crippen molar-refractivity contribution < 1.29 is 21.6 Å². The van der Waals surface area contributed by atoms with E-state index in [1.807, 2.05) is 0 Å². The Balaban J connectivity index is 2.34. The highest BCUT2D eigenvalue weighted by Crippen LogP contribution is 2.23. The van der Waals surface area contributed by atoms with Gasteiger partial charge in [-0.05, 0) is 31.0 Å².